The van der Waals surface area contributed by atoms with Gasteiger partial charge in [0, 0.05) is 11.8 Å². The van der Waals surface area contributed by atoms with Crippen molar-refractivity contribution in [2.75, 3.05) is 0 Å². The van der Waals surface area contributed by atoms with Crippen molar-refractivity contribution in [3.8, 4) is 11.1 Å². The third-order valence-electron chi connectivity index (χ3n) is 7.67. The molecule has 3 aliphatic carbocycles. The molecule has 0 heterocycles. The van der Waals surface area contributed by atoms with E-state index >= 15 is 0 Å². The first-order chi connectivity index (χ1) is 13.1. The Kier molecular flexibility index (Phi) is 7.58. The molecule has 2 unspecified atom stereocenters. The van der Waals surface area contributed by atoms with Crippen LogP contribution in [0.4, 0.5) is 0 Å². The van der Waals surface area contributed by atoms with Gasteiger partial charge < -0.3 is 24.8 Å². The molecule has 0 saturated heterocycles. The van der Waals surface area contributed by atoms with E-state index < -0.39 is 8.07 Å². The van der Waals surface area contributed by atoms with Gasteiger partial charge in [-0.25, -0.2) is 0 Å². The van der Waals surface area contributed by atoms with Crippen LogP contribution in [0.5, 0.6) is 0 Å². The fraction of sp³-hybridized carbons (Fsp3) is 0.407. The number of allylic oxidation sites excluding steroid dienone is 4. The molecule has 0 amide bonds. The standard InChI is InChI=1S/C27H32Si.2ClH.Zr/c1-26(2)17-27(3,24-16-18(15-23(24)26)28(4,5)6)25-21-13-9-7-11-19(21)20-12-8-10-14-22(20)25;;;/h7-16,24-25H,17H2,1-6H3;2*1H;/q;;;+2/p-2. The third kappa shape index (κ3) is 3.95. The summed E-state index contributed by atoms with van der Waals surface area (Å²) in [5, 5.41) is 1.66. The maximum atomic E-state index is 2.68. The Bertz CT molecular complexity index is 1000. The van der Waals surface area contributed by atoms with Crippen LogP contribution in [0.15, 0.2) is 71.5 Å². The predicted octanol–water partition coefficient (Wildman–Crippen LogP) is 1.60. The number of hydrogen-bond acceptors (Lipinski definition) is 0. The molecule has 0 aromatic heterocycles. The van der Waals surface area contributed by atoms with E-state index in [9.17, 15) is 0 Å². The van der Waals surface area contributed by atoms with Gasteiger partial charge in [0.2, 0.25) is 0 Å². The molecular formula is C27H32Cl2SiZr. The van der Waals surface area contributed by atoms with E-state index in [1.807, 2.05) is 0 Å². The summed E-state index contributed by atoms with van der Waals surface area (Å²) in [4.78, 5) is 0. The molecule has 2 aromatic rings. The van der Waals surface area contributed by atoms with Crippen molar-refractivity contribution in [1.82, 2.24) is 0 Å². The Morgan fingerprint density at radius 1 is 0.806 bits per heavy atom. The van der Waals surface area contributed by atoms with Gasteiger partial charge in [0.05, 0.1) is 8.07 Å². The minimum atomic E-state index is -1.31. The average Bonchev–Trinajstić information content (AvgIpc) is 3.26. The van der Waals surface area contributed by atoms with Crippen LogP contribution in [0, 0.1) is 16.7 Å². The normalized spacial score (nSPS) is 25.2. The first-order valence-corrected chi connectivity index (χ1v) is 14.3. The van der Waals surface area contributed by atoms with E-state index in [1.54, 1.807) is 10.8 Å². The van der Waals surface area contributed by atoms with Crippen molar-refractivity contribution < 1.29 is 51.0 Å². The number of fused-ring (bicyclic) bond motifs is 4. The molecule has 0 bridgehead atoms. The van der Waals surface area contributed by atoms with Gasteiger partial charge >= 0.3 is 26.2 Å². The smallest absolute Gasteiger partial charge is 1.00 e. The molecular weight excluding hydrogens is 515 g/mol. The average molecular weight is 547 g/mol. The molecule has 1 saturated carbocycles. The Labute approximate surface area is 221 Å². The van der Waals surface area contributed by atoms with E-state index in [4.69, 9.17) is 0 Å². The van der Waals surface area contributed by atoms with E-state index in [1.165, 1.54) is 28.7 Å². The maximum Gasteiger partial charge on any atom is 2.00 e. The molecule has 0 nitrogen and oxygen atoms in total. The van der Waals surface area contributed by atoms with Crippen LogP contribution in [0.3, 0.4) is 0 Å². The second-order valence-electron chi connectivity index (χ2n) is 11.1. The minimum absolute atomic E-state index is 0. The van der Waals surface area contributed by atoms with Crippen LogP contribution in [-0.2, 0) is 26.2 Å². The number of hydrogen-bond donors (Lipinski definition) is 0. The zero-order chi connectivity index (χ0) is 19.9. The van der Waals surface area contributed by atoms with Crippen molar-refractivity contribution >= 4 is 8.07 Å². The zero-order valence-electron chi connectivity index (χ0n) is 19.4. The summed E-state index contributed by atoms with van der Waals surface area (Å²) >= 11 is 0. The van der Waals surface area contributed by atoms with Gasteiger partial charge in [-0.15, -0.1) is 0 Å². The van der Waals surface area contributed by atoms with Gasteiger partial charge in [0.25, 0.3) is 0 Å². The van der Waals surface area contributed by atoms with E-state index in [-0.39, 0.29) is 61.8 Å². The van der Waals surface area contributed by atoms with Crippen molar-refractivity contribution in [1.29, 1.82) is 0 Å². The Hall–Kier alpha value is -0.400. The van der Waals surface area contributed by atoms with Gasteiger partial charge in [0.1, 0.15) is 0 Å². The fourth-order valence-corrected chi connectivity index (χ4v) is 7.77. The third-order valence-corrected chi connectivity index (χ3v) is 9.71. The van der Waals surface area contributed by atoms with E-state index in [0.717, 1.165) is 0 Å². The van der Waals surface area contributed by atoms with Crippen molar-refractivity contribution in [2.24, 2.45) is 16.7 Å². The van der Waals surface area contributed by atoms with Gasteiger partial charge in [-0.05, 0) is 39.5 Å². The minimum Gasteiger partial charge on any atom is -1.00 e. The summed E-state index contributed by atoms with van der Waals surface area (Å²) in [6, 6.07) is 18.3. The molecule has 5 rings (SSSR count). The van der Waals surface area contributed by atoms with Crippen LogP contribution in [0.1, 0.15) is 44.2 Å². The number of halogens is 2. The molecule has 2 atom stereocenters. The largest absolute Gasteiger partial charge is 2.00 e. The second kappa shape index (κ2) is 8.75. The molecule has 3 aliphatic rings. The van der Waals surface area contributed by atoms with Gasteiger partial charge in [-0.1, -0.05) is 112 Å². The molecule has 31 heavy (non-hydrogen) atoms. The Morgan fingerprint density at radius 3 is 1.77 bits per heavy atom. The summed E-state index contributed by atoms with van der Waals surface area (Å²) < 4.78 is 0. The van der Waals surface area contributed by atoms with Crippen LogP contribution in [0.25, 0.3) is 11.1 Å². The Balaban J connectivity index is 0.00000114. The van der Waals surface area contributed by atoms with Gasteiger partial charge in [-0.3, -0.25) is 0 Å². The predicted molar refractivity (Wildman–Crippen MR) is 123 cm³/mol. The van der Waals surface area contributed by atoms with E-state index in [2.05, 4.69) is 101 Å². The van der Waals surface area contributed by atoms with Crippen LogP contribution < -0.4 is 24.8 Å². The molecule has 1 fully saturated rings. The van der Waals surface area contributed by atoms with Crippen LogP contribution in [-0.4, -0.2) is 8.07 Å². The first kappa shape index (κ1) is 26.8. The number of rotatable bonds is 2. The fourth-order valence-electron chi connectivity index (χ4n) is 6.52. The summed E-state index contributed by atoms with van der Waals surface area (Å²) in [6.45, 7) is 15.0. The monoisotopic (exact) mass is 544 g/mol. The van der Waals surface area contributed by atoms with Crippen LogP contribution >= 0.6 is 0 Å². The molecule has 4 heteroatoms. The maximum absolute atomic E-state index is 2.68. The summed E-state index contributed by atoms with van der Waals surface area (Å²) in [5.41, 5.74) is 8.16. The molecule has 0 N–H and O–H groups in total. The molecule has 162 valence electrons. The van der Waals surface area contributed by atoms with Crippen molar-refractivity contribution in [3.63, 3.8) is 0 Å². The molecule has 2 aromatic carbocycles. The summed E-state index contributed by atoms with van der Waals surface area (Å²) in [6.07, 6.45) is 6.54. The quantitative estimate of drug-likeness (QED) is 0.503. The van der Waals surface area contributed by atoms with Gasteiger partial charge in [0.15, 0.2) is 0 Å². The SMILES string of the molecule is CC1(C)CC(C)(C2c3ccccc3-c3ccccc32)C2C=C([Si](C)(C)C)C=C21.[Cl-].[Cl-].[Zr+2]. The van der Waals surface area contributed by atoms with Crippen molar-refractivity contribution in [3.05, 3.63) is 82.6 Å². The van der Waals surface area contributed by atoms with Crippen LogP contribution in [0.2, 0.25) is 19.6 Å². The van der Waals surface area contributed by atoms with E-state index in [0.29, 0.717) is 11.8 Å². The van der Waals surface area contributed by atoms with Gasteiger partial charge in [-0.2, -0.15) is 0 Å². The topological polar surface area (TPSA) is 0 Å². The second-order valence-corrected chi connectivity index (χ2v) is 16.2. The summed E-state index contributed by atoms with van der Waals surface area (Å²) in [5.74, 6) is 1.04. The number of benzene rings is 2. The molecule has 0 spiro atoms. The summed E-state index contributed by atoms with van der Waals surface area (Å²) in [7, 11) is -1.31. The zero-order valence-corrected chi connectivity index (χ0v) is 24.4. The molecule has 0 aliphatic heterocycles. The molecule has 0 radical (unpaired) electrons. The first-order valence-electron chi connectivity index (χ1n) is 10.8. The Morgan fingerprint density at radius 2 is 1.29 bits per heavy atom. The van der Waals surface area contributed by atoms with Crippen molar-refractivity contribution in [2.45, 2.75) is 52.8 Å².